The number of esters is 1. The highest BCUT2D eigenvalue weighted by atomic mass is 16.5. The van der Waals surface area contributed by atoms with Gasteiger partial charge in [-0.05, 0) is 12.3 Å². The minimum absolute atomic E-state index is 0.00249. The van der Waals surface area contributed by atoms with E-state index in [0.29, 0.717) is 12.3 Å². The van der Waals surface area contributed by atoms with Crippen molar-refractivity contribution in [2.45, 2.75) is 12.8 Å². The molecule has 0 aromatic rings. The van der Waals surface area contributed by atoms with Crippen LogP contribution in [0, 0.1) is 17.8 Å². The van der Waals surface area contributed by atoms with Crippen LogP contribution in [0.4, 0.5) is 0 Å². The highest BCUT2D eigenvalue weighted by Crippen LogP contribution is 2.55. The zero-order chi connectivity index (χ0) is 9.42. The van der Waals surface area contributed by atoms with Gasteiger partial charge in [0.25, 0.3) is 0 Å². The maximum absolute atomic E-state index is 11.3. The summed E-state index contributed by atoms with van der Waals surface area (Å²) in [6.45, 7) is 3.71. The van der Waals surface area contributed by atoms with Gasteiger partial charge in [-0.3, -0.25) is 9.59 Å². The Labute approximate surface area is 76.8 Å². The van der Waals surface area contributed by atoms with Crippen molar-refractivity contribution in [3.8, 4) is 0 Å². The molecule has 0 N–H and O–H groups in total. The summed E-state index contributed by atoms with van der Waals surface area (Å²) in [5.41, 5.74) is 0. The van der Waals surface area contributed by atoms with Crippen molar-refractivity contribution in [1.29, 1.82) is 0 Å². The van der Waals surface area contributed by atoms with Gasteiger partial charge in [-0.2, -0.15) is 0 Å². The van der Waals surface area contributed by atoms with Gasteiger partial charge in [0, 0.05) is 12.3 Å². The fourth-order valence-corrected chi connectivity index (χ4v) is 2.21. The first-order valence-corrected chi connectivity index (χ1v) is 4.56. The Morgan fingerprint density at radius 3 is 3.00 bits per heavy atom. The first-order chi connectivity index (χ1) is 6.25. The molecule has 2 aliphatic carbocycles. The molecule has 0 aromatic carbocycles. The average molecular weight is 180 g/mol. The maximum atomic E-state index is 11.3. The van der Waals surface area contributed by atoms with Crippen molar-refractivity contribution in [2.75, 3.05) is 6.61 Å². The molecule has 3 nitrogen and oxygen atoms in total. The van der Waals surface area contributed by atoms with Crippen LogP contribution in [-0.4, -0.2) is 18.4 Å². The highest BCUT2D eigenvalue weighted by molar-refractivity contribution is 5.94. The number of rotatable bonds is 3. The Bertz CT molecular complexity index is 269. The Balaban J connectivity index is 1.88. The smallest absolute Gasteiger partial charge is 0.310 e. The van der Waals surface area contributed by atoms with E-state index in [4.69, 9.17) is 4.74 Å². The summed E-state index contributed by atoms with van der Waals surface area (Å²) in [5.74, 6) is 0.192. The van der Waals surface area contributed by atoms with E-state index in [0.717, 1.165) is 6.42 Å². The highest BCUT2D eigenvalue weighted by Gasteiger charge is 2.62. The fourth-order valence-electron chi connectivity index (χ4n) is 2.21. The van der Waals surface area contributed by atoms with Crippen molar-refractivity contribution in [3.05, 3.63) is 12.7 Å². The van der Waals surface area contributed by atoms with Gasteiger partial charge >= 0.3 is 5.97 Å². The number of carbonyl (C=O) groups is 2. The molecule has 2 saturated carbocycles. The van der Waals surface area contributed by atoms with E-state index in [-0.39, 0.29) is 30.2 Å². The molecule has 2 fully saturated rings. The van der Waals surface area contributed by atoms with Crippen LogP contribution >= 0.6 is 0 Å². The number of carbonyl (C=O) groups excluding carboxylic acids is 2. The molecule has 13 heavy (non-hydrogen) atoms. The molecule has 0 radical (unpaired) electrons. The summed E-state index contributed by atoms with van der Waals surface area (Å²) in [4.78, 5) is 22.5. The lowest BCUT2D eigenvalue weighted by Gasteiger charge is -2.02. The van der Waals surface area contributed by atoms with Crippen LogP contribution in [0.3, 0.4) is 0 Å². The van der Waals surface area contributed by atoms with Crippen molar-refractivity contribution in [2.24, 2.45) is 17.8 Å². The van der Waals surface area contributed by atoms with Crippen molar-refractivity contribution < 1.29 is 14.3 Å². The van der Waals surface area contributed by atoms with E-state index in [9.17, 15) is 9.59 Å². The maximum Gasteiger partial charge on any atom is 0.310 e. The summed E-state index contributed by atoms with van der Waals surface area (Å²) < 4.78 is 4.89. The lowest BCUT2D eigenvalue weighted by Crippen LogP contribution is -2.13. The van der Waals surface area contributed by atoms with E-state index in [1.54, 1.807) is 0 Å². The van der Waals surface area contributed by atoms with Gasteiger partial charge < -0.3 is 4.74 Å². The predicted molar refractivity (Wildman–Crippen MR) is 45.9 cm³/mol. The third kappa shape index (κ3) is 1.28. The predicted octanol–water partition coefficient (Wildman–Crippen LogP) is 0.941. The molecule has 0 bridgehead atoms. The lowest BCUT2D eigenvalue weighted by atomic mass is 10.1. The van der Waals surface area contributed by atoms with Crippen LogP contribution in [0.1, 0.15) is 12.8 Å². The topological polar surface area (TPSA) is 43.4 Å². The molecule has 2 rings (SSSR count). The number of hydrogen-bond donors (Lipinski definition) is 0. The fraction of sp³-hybridized carbons (Fsp3) is 0.600. The molecule has 0 unspecified atom stereocenters. The van der Waals surface area contributed by atoms with Gasteiger partial charge in [-0.15, -0.1) is 0 Å². The molecule has 0 aromatic heterocycles. The van der Waals surface area contributed by atoms with Gasteiger partial charge in [0.15, 0.2) is 0 Å². The van der Waals surface area contributed by atoms with Gasteiger partial charge in [-0.1, -0.05) is 12.7 Å². The van der Waals surface area contributed by atoms with E-state index in [2.05, 4.69) is 6.58 Å². The quantitative estimate of drug-likeness (QED) is 0.479. The first kappa shape index (κ1) is 8.48. The molecule has 0 saturated heterocycles. The van der Waals surface area contributed by atoms with E-state index in [1.807, 2.05) is 0 Å². The minimum atomic E-state index is -0.219. The van der Waals surface area contributed by atoms with E-state index >= 15 is 0 Å². The molecule has 0 amide bonds. The van der Waals surface area contributed by atoms with Crippen molar-refractivity contribution in [1.82, 2.24) is 0 Å². The van der Waals surface area contributed by atoms with Gasteiger partial charge in [0.05, 0.1) is 5.92 Å². The Morgan fingerprint density at radius 2 is 2.46 bits per heavy atom. The van der Waals surface area contributed by atoms with Crippen LogP contribution in [0.5, 0.6) is 0 Å². The third-order valence-electron chi connectivity index (χ3n) is 2.88. The van der Waals surface area contributed by atoms with Crippen LogP contribution in [0.15, 0.2) is 12.7 Å². The third-order valence-corrected chi connectivity index (χ3v) is 2.88. The number of ether oxygens (including phenoxy) is 1. The van der Waals surface area contributed by atoms with Gasteiger partial charge in [-0.25, -0.2) is 0 Å². The first-order valence-electron chi connectivity index (χ1n) is 4.56. The van der Waals surface area contributed by atoms with Crippen LogP contribution in [0.25, 0.3) is 0 Å². The molecule has 2 aliphatic rings. The summed E-state index contributed by atoms with van der Waals surface area (Å²) in [6, 6.07) is 0. The molecule has 0 aliphatic heterocycles. The molecule has 0 spiro atoms. The molecule has 70 valence electrons. The Morgan fingerprint density at radius 1 is 1.69 bits per heavy atom. The minimum Gasteiger partial charge on any atom is -0.461 e. The summed E-state index contributed by atoms with van der Waals surface area (Å²) in [5, 5.41) is 0. The van der Waals surface area contributed by atoms with E-state index < -0.39 is 0 Å². The second kappa shape index (κ2) is 2.98. The Kier molecular flexibility index (Phi) is 1.94. The van der Waals surface area contributed by atoms with Gasteiger partial charge in [0.1, 0.15) is 12.4 Å². The normalized spacial score (nSPS) is 35.4. The molecular weight excluding hydrogens is 168 g/mol. The van der Waals surface area contributed by atoms with Crippen LogP contribution in [-0.2, 0) is 14.3 Å². The van der Waals surface area contributed by atoms with Crippen molar-refractivity contribution in [3.63, 3.8) is 0 Å². The molecule has 0 heterocycles. The monoisotopic (exact) mass is 180 g/mol. The molecule has 3 heteroatoms. The van der Waals surface area contributed by atoms with E-state index in [1.165, 1.54) is 6.08 Å². The van der Waals surface area contributed by atoms with Crippen LogP contribution in [0.2, 0.25) is 0 Å². The van der Waals surface area contributed by atoms with Crippen molar-refractivity contribution >= 4 is 11.8 Å². The second-order valence-electron chi connectivity index (χ2n) is 3.64. The molecule has 3 atom stereocenters. The number of fused-ring (bicyclic) bond motifs is 1. The average Bonchev–Trinajstić information content (AvgIpc) is 2.75. The standard InChI is InChI=1S/C10H12O3/c1-2-5-13-10(12)9-6-3-4-7(11)8(6)9/h2,6,8-9H,1,3-5H2/t6-,8-,9+/m0/s1. The number of hydrogen-bond acceptors (Lipinski definition) is 3. The lowest BCUT2D eigenvalue weighted by molar-refractivity contribution is -0.145. The summed E-state index contributed by atoms with van der Waals surface area (Å²) >= 11 is 0. The summed E-state index contributed by atoms with van der Waals surface area (Å²) in [6.07, 6.45) is 3.07. The zero-order valence-electron chi connectivity index (χ0n) is 7.36. The number of ketones is 1. The second-order valence-corrected chi connectivity index (χ2v) is 3.64. The zero-order valence-corrected chi connectivity index (χ0v) is 7.36. The van der Waals surface area contributed by atoms with Gasteiger partial charge in [0.2, 0.25) is 0 Å². The Hall–Kier alpha value is -1.12. The summed E-state index contributed by atoms with van der Waals surface area (Å²) in [7, 11) is 0. The number of Topliss-reactive ketones (excluding diaryl/α,β-unsaturated/α-hetero) is 1. The largest absolute Gasteiger partial charge is 0.461 e. The molecular formula is C10H12O3. The van der Waals surface area contributed by atoms with Crippen LogP contribution < -0.4 is 0 Å². The SMILES string of the molecule is C=CCOC(=O)[C@@H]1[C@H]2CCC(=O)[C@H]21.